The highest BCUT2D eigenvalue weighted by Crippen LogP contribution is 2.29. The zero-order chi connectivity index (χ0) is 18.5. The Labute approximate surface area is 152 Å². The van der Waals surface area contributed by atoms with Gasteiger partial charge in [-0.25, -0.2) is 9.79 Å². The normalized spacial score (nSPS) is 15.0. The Hall–Kier alpha value is -3.08. The molecule has 0 radical (unpaired) electrons. The number of cyclic esters (lactones) is 1. The van der Waals surface area contributed by atoms with Crippen molar-refractivity contribution in [2.75, 3.05) is 14.2 Å². The molecule has 2 aromatic carbocycles. The summed E-state index contributed by atoms with van der Waals surface area (Å²) in [5.74, 6) is 1.24. The van der Waals surface area contributed by atoms with Gasteiger partial charge < -0.3 is 14.2 Å². The van der Waals surface area contributed by atoms with E-state index in [9.17, 15) is 4.79 Å². The first-order valence-corrected chi connectivity index (χ1v) is 8.38. The third-order valence-corrected chi connectivity index (χ3v) is 4.12. The average molecular weight is 351 g/mol. The molecule has 3 rings (SSSR count). The van der Waals surface area contributed by atoms with E-state index in [1.54, 1.807) is 32.4 Å². The minimum atomic E-state index is -0.432. The zero-order valence-electron chi connectivity index (χ0n) is 15.1. The van der Waals surface area contributed by atoms with Gasteiger partial charge in [0, 0.05) is 6.42 Å². The predicted molar refractivity (Wildman–Crippen MR) is 101 cm³/mol. The monoisotopic (exact) mass is 351 g/mol. The second-order valence-electron chi connectivity index (χ2n) is 6.02. The van der Waals surface area contributed by atoms with E-state index in [1.165, 1.54) is 11.1 Å². The van der Waals surface area contributed by atoms with Crippen LogP contribution in [0, 0.1) is 6.92 Å². The highest BCUT2D eigenvalue weighted by Gasteiger charge is 2.22. The second kappa shape index (κ2) is 7.87. The molecule has 0 saturated carbocycles. The Morgan fingerprint density at radius 3 is 2.42 bits per heavy atom. The molecule has 0 atom stereocenters. The van der Waals surface area contributed by atoms with Crippen molar-refractivity contribution < 1.29 is 19.0 Å². The molecule has 0 aromatic heterocycles. The Kier molecular flexibility index (Phi) is 5.37. The molecule has 0 N–H and O–H groups in total. The van der Waals surface area contributed by atoms with Gasteiger partial charge in [0.25, 0.3) is 0 Å². The van der Waals surface area contributed by atoms with Crippen LogP contribution in [0.1, 0.15) is 23.1 Å². The lowest BCUT2D eigenvalue weighted by Crippen LogP contribution is -2.05. The van der Waals surface area contributed by atoms with Gasteiger partial charge >= 0.3 is 5.97 Å². The lowest BCUT2D eigenvalue weighted by atomic mass is 10.1. The summed E-state index contributed by atoms with van der Waals surface area (Å²) in [6.45, 7) is 2.05. The average Bonchev–Trinajstić information content (AvgIpc) is 3.00. The van der Waals surface area contributed by atoms with Crippen molar-refractivity contribution in [1.29, 1.82) is 0 Å². The van der Waals surface area contributed by atoms with E-state index in [0.717, 1.165) is 12.0 Å². The first kappa shape index (κ1) is 17.7. The van der Waals surface area contributed by atoms with Gasteiger partial charge in [0.2, 0.25) is 0 Å². The maximum Gasteiger partial charge on any atom is 0.363 e. The van der Waals surface area contributed by atoms with Gasteiger partial charge in [-0.15, -0.1) is 0 Å². The summed E-state index contributed by atoms with van der Waals surface area (Å²) in [5, 5.41) is 0. The standard InChI is InChI=1S/C21H21NO4/c1-14-4-6-15(7-5-14)9-11-20-22-17(21(23)26-20)12-16-8-10-18(24-2)19(13-16)25-3/h4-8,10,12-13H,9,11H2,1-3H3/b17-12+. The number of esters is 1. The first-order chi connectivity index (χ1) is 12.6. The van der Waals surface area contributed by atoms with Crippen LogP contribution in [0.2, 0.25) is 0 Å². The van der Waals surface area contributed by atoms with E-state index in [4.69, 9.17) is 14.2 Å². The van der Waals surface area contributed by atoms with Gasteiger partial charge in [0.15, 0.2) is 23.1 Å². The van der Waals surface area contributed by atoms with Crippen LogP contribution in [0.3, 0.4) is 0 Å². The number of ether oxygens (including phenoxy) is 3. The molecule has 0 amide bonds. The van der Waals surface area contributed by atoms with Crippen molar-refractivity contribution in [2.24, 2.45) is 4.99 Å². The summed E-state index contributed by atoms with van der Waals surface area (Å²) in [7, 11) is 3.15. The zero-order valence-corrected chi connectivity index (χ0v) is 15.1. The molecule has 134 valence electrons. The molecular formula is C21H21NO4. The number of aliphatic imine (C=N–C) groups is 1. The minimum Gasteiger partial charge on any atom is -0.493 e. The van der Waals surface area contributed by atoms with Crippen LogP contribution in [0.25, 0.3) is 6.08 Å². The summed E-state index contributed by atoms with van der Waals surface area (Å²) >= 11 is 0. The fraction of sp³-hybridized carbons (Fsp3) is 0.238. The quantitative estimate of drug-likeness (QED) is 0.584. The van der Waals surface area contributed by atoms with Crippen LogP contribution < -0.4 is 9.47 Å². The number of carbonyl (C=O) groups excluding carboxylic acids is 1. The molecule has 5 heteroatoms. The Bertz CT molecular complexity index is 866. The third kappa shape index (κ3) is 4.11. The van der Waals surface area contributed by atoms with Crippen LogP contribution in [0.4, 0.5) is 0 Å². The van der Waals surface area contributed by atoms with Crippen molar-refractivity contribution >= 4 is 17.9 Å². The van der Waals surface area contributed by atoms with E-state index < -0.39 is 5.97 Å². The highest BCUT2D eigenvalue weighted by molar-refractivity contribution is 6.07. The van der Waals surface area contributed by atoms with Crippen molar-refractivity contribution in [3.8, 4) is 11.5 Å². The highest BCUT2D eigenvalue weighted by atomic mass is 16.6. The fourth-order valence-corrected chi connectivity index (χ4v) is 2.67. The molecule has 0 saturated heterocycles. The third-order valence-electron chi connectivity index (χ3n) is 4.12. The number of nitrogens with zero attached hydrogens (tertiary/aromatic N) is 1. The summed E-state index contributed by atoms with van der Waals surface area (Å²) in [6, 6.07) is 13.7. The summed E-state index contributed by atoms with van der Waals surface area (Å²) in [5.41, 5.74) is 3.49. The number of rotatable bonds is 6. The number of methoxy groups -OCH3 is 2. The summed E-state index contributed by atoms with van der Waals surface area (Å²) in [6.07, 6.45) is 3.04. The number of carbonyl (C=O) groups is 1. The van der Waals surface area contributed by atoms with Crippen LogP contribution in [-0.2, 0) is 16.0 Å². The molecule has 5 nitrogen and oxygen atoms in total. The van der Waals surface area contributed by atoms with Gasteiger partial charge in [-0.05, 0) is 42.7 Å². The fourth-order valence-electron chi connectivity index (χ4n) is 2.67. The maximum absolute atomic E-state index is 12.1. The number of hydrogen-bond acceptors (Lipinski definition) is 5. The predicted octanol–water partition coefficient (Wildman–Crippen LogP) is 3.94. The van der Waals surface area contributed by atoms with Crippen molar-refractivity contribution in [2.45, 2.75) is 19.8 Å². The molecule has 1 heterocycles. The number of hydrogen-bond donors (Lipinski definition) is 0. The Balaban J connectivity index is 1.72. The maximum atomic E-state index is 12.1. The summed E-state index contributed by atoms with van der Waals surface area (Å²) in [4.78, 5) is 16.4. The molecule has 2 aromatic rings. The van der Waals surface area contributed by atoms with Crippen LogP contribution in [0.15, 0.2) is 53.2 Å². The molecule has 26 heavy (non-hydrogen) atoms. The molecule has 0 fully saturated rings. The lowest BCUT2D eigenvalue weighted by molar-refractivity contribution is -0.130. The van der Waals surface area contributed by atoms with E-state index in [2.05, 4.69) is 36.2 Å². The minimum absolute atomic E-state index is 0.288. The Morgan fingerprint density at radius 2 is 1.73 bits per heavy atom. The van der Waals surface area contributed by atoms with E-state index >= 15 is 0 Å². The van der Waals surface area contributed by atoms with Crippen LogP contribution in [-0.4, -0.2) is 26.1 Å². The van der Waals surface area contributed by atoms with Crippen LogP contribution in [0.5, 0.6) is 11.5 Å². The van der Waals surface area contributed by atoms with E-state index in [0.29, 0.717) is 23.8 Å². The van der Waals surface area contributed by atoms with Gasteiger partial charge in [-0.1, -0.05) is 35.9 Å². The molecule has 0 bridgehead atoms. The van der Waals surface area contributed by atoms with Crippen molar-refractivity contribution in [1.82, 2.24) is 0 Å². The topological polar surface area (TPSA) is 57.1 Å². The SMILES string of the molecule is COc1ccc(/C=C2/N=C(CCc3ccc(C)cc3)OC2=O)cc1OC. The second-order valence-corrected chi connectivity index (χ2v) is 6.02. The Morgan fingerprint density at radius 1 is 1.00 bits per heavy atom. The largest absolute Gasteiger partial charge is 0.493 e. The van der Waals surface area contributed by atoms with E-state index in [-0.39, 0.29) is 5.70 Å². The number of aryl methyl sites for hydroxylation is 2. The molecular weight excluding hydrogens is 330 g/mol. The lowest BCUT2D eigenvalue weighted by Gasteiger charge is -2.07. The molecule has 1 aliphatic rings. The number of benzene rings is 2. The molecule has 0 aliphatic carbocycles. The van der Waals surface area contributed by atoms with Gasteiger partial charge in [0.05, 0.1) is 14.2 Å². The van der Waals surface area contributed by atoms with E-state index in [1.807, 2.05) is 6.07 Å². The van der Waals surface area contributed by atoms with Crippen molar-refractivity contribution in [3.63, 3.8) is 0 Å². The smallest absolute Gasteiger partial charge is 0.363 e. The van der Waals surface area contributed by atoms with Crippen LogP contribution >= 0.6 is 0 Å². The summed E-state index contributed by atoms with van der Waals surface area (Å²) < 4.78 is 15.8. The molecule has 0 spiro atoms. The van der Waals surface area contributed by atoms with Gasteiger partial charge in [-0.3, -0.25) is 0 Å². The first-order valence-electron chi connectivity index (χ1n) is 8.38. The van der Waals surface area contributed by atoms with Gasteiger partial charge in [-0.2, -0.15) is 0 Å². The molecule has 1 aliphatic heterocycles. The molecule has 0 unspecified atom stereocenters. The van der Waals surface area contributed by atoms with Crippen molar-refractivity contribution in [3.05, 3.63) is 64.9 Å². The van der Waals surface area contributed by atoms with Gasteiger partial charge in [0.1, 0.15) is 0 Å².